The Morgan fingerprint density at radius 3 is 2.60 bits per heavy atom. The summed E-state index contributed by atoms with van der Waals surface area (Å²) in [6.07, 6.45) is 3.74. The molecule has 0 aliphatic rings. The minimum absolute atomic E-state index is 0.00189. The van der Waals surface area contributed by atoms with E-state index in [9.17, 15) is 4.79 Å². The van der Waals surface area contributed by atoms with Gasteiger partial charge in [-0.1, -0.05) is 12.1 Å². The summed E-state index contributed by atoms with van der Waals surface area (Å²) in [7, 11) is 1.79. The third-order valence-electron chi connectivity index (χ3n) is 2.96. The van der Waals surface area contributed by atoms with E-state index in [4.69, 9.17) is 5.73 Å². The first-order chi connectivity index (χ1) is 9.58. The van der Waals surface area contributed by atoms with E-state index in [0.717, 1.165) is 5.56 Å². The highest BCUT2D eigenvalue weighted by atomic mass is 32.2. The predicted molar refractivity (Wildman–Crippen MR) is 81.3 cm³/mol. The molecule has 5 nitrogen and oxygen atoms in total. The van der Waals surface area contributed by atoms with E-state index >= 15 is 0 Å². The number of nitrogens with two attached hydrogens (primary N) is 1. The molecule has 2 N–H and O–H groups in total. The first-order valence-corrected chi connectivity index (χ1v) is 7.47. The normalized spacial score (nSPS) is 10.5. The van der Waals surface area contributed by atoms with Crippen molar-refractivity contribution in [2.45, 2.75) is 18.0 Å². The number of likely N-dealkylation sites (N-methyl/N-ethyl adjacent to an activating group) is 1. The monoisotopic (exact) mass is 290 g/mol. The predicted octanol–water partition coefficient (Wildman–Crippen LogP) is 1.85. The van der Waals surface area contributed by atoms with Crippen LogP contribution in [0.1, 0.15) is 5.56 Å². The van der Waals surface area contributed by atoms with Crippen LogP contribution in [0, 0.1) is 0 Å². The van der Waals surface area contributed by atoms with Gasteiger partial charge in [-0.05, 0) is 30.0 Å². The maximum Gasteiger partial charge on any atom is 0.244 e. The molecule has 0 saturated carbocycles. The molecule has 2 aromatic rings. The Kier molecular flexibility index (Phi) is 4.68. The van der Waals surface area contributed by atoms with Gasteiger partial charge in [-0.15, -0.1) is 11.8 Å². The molecule has 0 fully saturated rings. The molecule has 6 heteroatoms. The Balaban J connectivity index is 1.92. The second-order valence-corrected chi connectivity index (χ2v) is 5.42. The van der Waals surface area contributed by atoms with E-state index in [1.54, 1.807) is 40.7 Å². The highest BCUT2D eigenvalue weighted by Crippen LogP contribution is 2.15. The Bertz CT molecular complexity index is 579. The molecule has 0 saturated heterocycles. The van der Waals surface area contributed by atoms with Gasteiger partial charge >= 0.3 is 0 Å². The van der Waals surface area contributed by atoms with Gasteiger partial charge in [0.05, 0.1) is 0 Å². The van der Waals surface area contributed by atoms with Crippen molar-refractivity contribution in [3.63, 3.8) is 0 Å². The first kappa shape index (κ1) is 14.5. The molecule has 1 aromatic carbocycles. The topological polar surface area (TPSA) is 64.2 Å². The van der Waals surface area contributed by atoms with Crippen LogP contribution < -0.4 is 5.73 Å². The molecule has 0 aliphatic carbocycles. The minimum Gasteiger partial charge on any atom is -0.382 e. The van der Waals surface area contributed by atoms with E-state index in [2.05, 4.69) is 17.2 Å². The first-order valence-electron chi connectivity index (χ1n) is 6.24. The number of anilines is 1. The van der Waals surface area contributed by atoms with Gasteiger partial charge < -0.3 is 10.6 Å². The van der Waals surface area contributed by atoms with Gasteiger partial charge in [0.1, 0.15) is 12.4 Å². The lowest BCUT2D eigenvalue weighted by molar-refractivity contribution is -0.131. The number of amides is 1. The highest BCUT2D eigenvalue weighted by Gasteiger charge is 2.10. The van der Waals surface area contributed by atoms with Crippen LogP contribution in [0.4, 0.5) is 5.82 Å². The number of benzene rings is 1. The number of rotatable bonds is 5. The van der Waals surface area contributed by atoms with Crippen molar-refractivity contribution in [1.29, 1.82) is 0 Å². The van der Waals surface area contributed by atoms with Crippen molar-refractivity contribution in [1.82, 2.24) is 14.7 Å². The fraction of sp³-hybridized carbons (Fsp3) is 0.286. The summed E-state index contributed by atoms with van der Waals surface area (Å²) >= 11 is 1.70. The molecule has 0 atom stereocenters. The summed E-state index contributed by atoms with van der Waals surface area (Å²) in [5, 5.41) is 4.01. The molecule has 20 heavy (non-hydrogen) atoms. The maximum atomic E-state index is 12.1. The number of carbonyl (C=O) groups excluding carboxylic acids is 1. The molecule has 1 heterocycles. The summed E-state index contributed by atoms with van der Waals surface area (Å²) in [6, 6.07) is 9.89. The van der Waals surface area contributed by atoms with Gasteiger partial charge in [0.2, 0.25) is 5.91 Å². The minimum atomic E-state index is 0.00189. The number of nitrogen functional groups attached to an aromatic ring is 1. The third kappa shape index (κ3) is 3.77. The Labute approximate surface area is 122 Å². The largest absolute Gasteiger partial charge is 0.382 e. The molecule has 106 valence electrons. The lowest BCUT2D eigenvalue weighted by Crippen LogP contribution is -2.29. The smallest absolute Gasteiger partial charge is 0.244 e. The number of thioether (sulfide) groups is 1. The van der Waals surface area contributed by atoms with Crippen LogP contribution in [0.25, 0.3) is 0 Å². The van der Waals surface area contributed by atoms with Crippen LogP contribution in [0.5, 0.6) is 0 Å². The second kappa shape index (κ2) is 6.47. The maximum absolute atomic E-state index is 12.1. The standard InChI is InChI=1S/C14H18N4OS/c1-17(9-11-3-5-12(20-2)6-4-11)14(19)10-18-8-7-13(15)16-18/h3-8H,9-10H2,1-2H3,(H2,15,16). The summed E-state index contributed by atoms with van der Waals surface area (Å²) in [5.74, 6) is 0.426. The van der Waals surface area contributed by atoms with Crippen molar-refractivity contribution < 1.29 is 4.79 Å². The molecule has 0 unspecified atom stereocenters. The summed E-state index contributed by atoms with van der Waals surface area (Å²) in [6.45, 7) is 0.793. The Hall–Kier alpha value is -1.95. The number of nitrogens with zero attached hydrogens (tertiary/aromatic N) is 3. The summed E-state index contributed by atoms with van der Waals surface area (Å²) in [4.78, 5) is 15.0. The van der Waals surface area contributed by atoms with Crippen LogP contribution in [0.3, 0.4) is 0 Å². The molecule has 2 rings (SSSR count). The molecule has 0 bridgehead atoms. The van der Waals surface area contributed by atoms with Gasteiger partial charge in [0.15, 0.2) is 0 Å². The molecule has 0 aliphatic heterocycles. The number of hydrogen-bond donors (Lipinski definition) is 1. The van der Waals surface area contributed by atoms with Crippen molar-refractivity contribution in [3.05, 3.63) is 42.1 Å². The average molecular weight is 290 g/mol. The second-order valence-electron chi connectivity index (χ2n) is 4.54. The number of carbonyl (C=O) groups is 1. The van der Waals surface area contributed by atoms with E-state index in [-0.39, 0.29) is 12.5 Å². The van der Waals surface area contributed by atoms with Gasteiger partial charge in [-0.2, -0.15) is 5.10 Å². The van der Waals surface area contributed by atoms with Crippen molar-refractivity contribution in [2.75, 3.05) is 19.0 Å². The van der Waals surface area contributed by atoms with E-state index in [0.29, 0.717) is 12.4 Å². The molecule has 0 spiro atoms. The van der Waals surface area contributed by atoms with Crippen LogP contribution in [0.2, 0.25) is 0 Å². The average Bonchev–Trinajstić information content (AvgIpc) is 2.85. The zero-order valence-electron chi connectivity index (χ0n) is 11.6. The molecule has 1 aromatic heterocycles. The Morgan fingerprint density at radius 1 is 1.35 bits per heavy atom. The summed E-state index contributed by atoms with van der Waals surface area (Å²) in [5.41, 5.74) is 6.63. The van der Waals surface area contributed by atoms with Gasteiger partial charge in [0, 0.05) is 24.7 Å². The van der Waals surface area contributed by atoms with Crippen LogP contribution in [-0.4, -0.2) is 33.9 Å². The van der Waals surface area contributed by atoms with E-state index in [1.807, 2.05) is 18.4 Å². The molecule has 1 amide bonds. The third-order valence-corrected chi connectivity index (χ3v) is 3.71. The fourth-order valence-corrected chi connectivity index (χ4v) is 2.23. The molecular formula is C14H18N4OS. The Morgan fingerprint density at radius 2 is 2.05 bits per heavy atom. The van der Waals surface area contributed by atoms with Crippen LogP contribution in [-0.2, 0) is 17.9 Å². The van der Waals surface area contributed by atoms with Crippen molar-refractivity contribution >= 4 is 23.5 Å². The van der Waals surface area contributed by atoms with Gasteiger partial charge in [0.25, 0.3) is 0 Å². The lowest BCUT2D eigenvalue weighted by Gasteiger charge is -2.17. The number of aromatic nitrogens is 2. The SMILES string of the molecule is CSc1ccc(CN(C)C(=O)Cn2ccc(N)n2)cc1. The zero-order valence-corrected chi connectivity index (χ0v) is 12.4. The van der Waals surface area contributed by atoms with Gasteiger partial charge in [-0.25, -0.2) is 0 Å². The van der Waals surface area contributed by atoms with Crippen LogP contribution >= 0.6 is 11.8 Å². The zero-order chi connectivity index (χ0) is 14.5. The highest BCUT2D eigenvalue weighted by molar-refractivity contribution is 7.98. The molecule has 0 radical (unpaired) electrons. The molecular weight excluding hydrogens is 272 g/mol. The lowest BCUT2D eigenvalue weighted by atomic mass is 10.2. The summed E-state index contributed by atoms with van der Waals surface area (Å²) < 4.78 is 1.55. The van der Waals surface area contributed by atoms with Gasteiger partial charge in [-0.3, -0.25) is 9.48 Å². The fourth-order valence-electron chi connectivity index (χ4n) is 1.82. The van der Waals surface area contributed by atoms with Crippen molar-refractivity contribution in [2.24, 2.45) is 0 Å². The van der Waals surface area contributed by atoms with Crippen molar-refractivity contribution in [3.8, 4) is 0 Å². The van der Waals surface area contributed by atoms with Crippen LogP contribution in [0.15, 0.2) is 41.4 Å². The van der Waals surface area contributed by atoms with E-state index in [1.165, 1.54) is 4.90 Å². The quantitative estimate of drug-likeness (QED) is 0.854. The number of hydrogen-bond acceptors (Lipinski definition) is 4. The van der Waals surface area contributed by atoms with E-state index < -0.39 is 0 Å².